The van der Waals surface area contributed by atoms with E-state index in [4.69, 9.17) is 10.5 Å². The van der Waals surface area contributed by atoms with Crippen LogP contribution in [0.25, 0.3) is 11.0 Å². The van der Waals surface area contributed by atoms with Gasteiger partial charge >= 0.3 is 0 Å². The number of ether oxygens (including phenoxy) is 1. The van der Waals surface area contributed by atoms with Crippen molar-refractivity contribution in [1.82, 2.24) is 20.3 Å². The predicted molar refractivity (Wildman–Crippen MR) is 104 cm³/mol. The minimum Gasteiger partial charge on any atom is -0.492 e. The van der Waals surface area contributed by atoms with Gasteiger partial charge in [-0.1, -0.05) is 12.1 Å². The summed E-state index contributed by atoms with van der Waals surface area (Å²) in [6.07, 6.45) is 6.18. The van der Waals surface area contributed by atoms with Crippen LogP contribution in [0.4, 0.5) is 0 Å². The smallest absolute Gasteiger partial charge is 0.140 e. The molecule has 0 unspecified atom stereocenters. The Balaban J connectivity index is 0.000000167. The van der Waals surface area contributed by atoms with Crippen LogP contribution < -0.4 is 15.8 Å². The van der Waals surface area contributed by atoms with Gasteiger partial charge in [-0.2, -0.15) is 0 Å². The number of benzene rings is 1. The molecule has 4 N–H and O–H groups in total. The molecular formula is C20H27N5O. The fourth-order valence-corrected chi connectivity index (χ4v) is 2.85. The van der Waals surface area contributed by atoms with Crippen molar-refractivity contribution in [3.05, 3.63) is 54.1 Å². The lowest BCUT2D eigenvalue weighted by Gasteiger charge is -2.14. The van der Waals surface area contributed by atoms with Crippen LogP contribution in [0.5, 0.6) is 5.75 Å². The van der Waals surface area contributed by atoms with Gasteiger partial charge in [-0.15, -0.1) is 0 Å². The van der Waals surface area contributed by atoms with E-state index in [0.717, 1.165) is 80.2 Å². The number of nitrogens with one attached hydrogen (secondary N) is 2. The van der Waals surface area contributed by atoms with Crippen LogP contribution in [0.3, 0.4) is 0 Å². The zero-order valence-electron chi connectivity index (χ0n) is 15.1. The number of nitrogens with zero attached hydrogens (tertiary/aromatic N) is 2. The quantitative estimate of drug-likeness (QED) is 0.593. The van der Waals surface area contributed by atoms with Crippen LogP contribution in [0.15, 0.2) is 42.6 Å². The maximum Gasteiger partial charge on any atom is 0.140 e. The molecule has 0 amide bonds. The number of nitrogens with two attached hydrogens (primary N) is 1. The fourth-order valence-electron chi connectivity index (χ4n) is 2.85. The normalized spacial score (nSPS) is 12.8. The van der Waals surface area contributed by atoms with Gasteiger partial charge in [0.05, 0.1) is 29.9 Å². The molecule has 0 saturated heterocycles. The average Bonchev–Trinajstić information content (AvgIpc) is 3.11. The van der Waals surface area contributed by atoms with Crippen molar-refractivity contribution in [2.24, 2.45) is 5.73 Å². The number of rotatable bonds is 6. The Hall–Kier alpha value is -2.44. The summed E-state index contributed by atoms with van der Waals surface area (Å²) in [6.45, 7) is 3.40. The lowest BCUT2D eigenvalue weighted by atomic mass is 10.2. The van der Waals surface area contributed by atoms with Gasteiger partial charge in [-0.3, -0.25) is 4.98 Å². The number of aromatic nitrogens is 3. The highest BCUT2D eigenvalue weighted by molar-refractivity contribution is 5.74. The summed E-state index contributed by atoms with van der Waals surface area (Å²) in [7, 11) is 0. The molecule has 0 radical (unpaired) electrons. The van der Waals surface area contributed by atoms with Crippen LogP contribution in [-0.4, -0.2) is 34.6 Å². The van der Waals surface area contributed by atoms with E-state index in [-0.39, 0.29) is 0 Å². The van der Waals surface area contributed by atoms with Crippen molar-refractivity contribution in [1.29, 1.82) is 0 Å². The summed E-state index contributed by atoms with van der Waals surface area (Å²) >= 11 is 0. The van der Waals surface area contributed by atoms with E-state index in [1.165, 1.54) is 0 Å². The van der Waals surface area contributed by atoms with Gasteiger partial charge < -0.3 is 20.8 Å². The Morgan fingerprint density at radius 1 is 1.15 bits per heavy atom. The molecule has 0 spiro atoms. The third-order valence-electron chi connectivity index (χ3n) is 4.20. The highest BCUT2D eigenvalue weighted by Crippen LogP contribution is 2.20. The van der Waals surface area contributed by atoms with Crippen molar-refractivity contribution < 1.29 is 4.74 Å². The maximum absolute atomic E-state index is 5.43. The van der Waals surface area contributed by atoms with Gasteiger partial charge in [-0.05, 0) is 63.0 Å². The summed E-state index contributed by atoms with van der Waals surface area (Å²) in [4.78, 5) is 12.0. The number of imidazole rings is 1. The van der Waals surface area contributed by atoms with E-state index in [1.807, 2.05) is 42.6 Å². The molecular weight excluding hydrogens is 326 g/mol. The Morgan fingerprint density at radius 3 is 2.92 bits per heavy atom. The topological polar surface area (TPSA) is 88.8 Å². The van der Waals surface area contributed by atoms with Gasteiger partial charge in [0.25, 0.3) is 0 Å². The Labute approximate surface area is 154 Å². The minimum atomic E-state index is 0.770. The highest BCUT2D eigenvalue weighted by Gasteiger charge is 2.08. The van der Waals surface area contributed by atoms with E-state index in [2.05, 4.69) is 20.3 Å². The van der Waals surface area contributed by atoms with Crippen molar-refractivity contribution >= 4 is 11.0 Å². The lowest BCUT2D eigenvalue weighted by Crippen LogP contribution is -2.16. The van der Waals surface area contributed by atoms with Crippen LogP contribution in [0, 0.1) is 0 Å². The second-order valence-electron chi connectivity index (χ2n) is 6.27. The molecule has 1 aromatic carbocycles. The van der Waals surface area contributed by atoms with Crippen molar-refractivity contribution in [2.75, 3.05) is 19.7 Å². The monoisotopic (exact) mass is 353 g/mol. The van der Waals surface area contributed by atoms with Gasteiger partial charge in [0.1, 0.15) is 11.6 Å². The summed E-state index contributed by atoms with van der Waals surface area (Å²) in [5.74, 6) is 1.96. The zero-order chi connectivity index (χ0) is 18.0. The van der Waals surface area contributed by atoms with Gasteiger partial charge in [-0.25, -0.2) is 4.98 Å². The number of unbranched alkanes of at least 4 members (excludes halogenated alkanes) is 1. The van der Waals surface area contributed by atoms with Gasteiger partial charge in [0.15, 0.2) is 0 Å². The first-order valence-electron chi connectivity index (χ1n) is 9.28. The molecule has 0 atom stereocenters. The third-order valence-corrected chi connectivity index (χ3v) is 4.20. The summed E-state index contributed by atoms with van der Waals surface area (Å²) in [5, 5.41) is 3.35. The first-order valence-corrected chi connectivity index (χ1v) is 9.28. The molecule has 3 heterocycles. The molecule has 1 aliphatic rings. The maximum atomic E-state index is 5.43. The van der Waals surface area contributed by atoms with E-state index in [9.17, 15) is 0 Å². The van der Waals surface area contributed by atoms with Gasteiger partial charge in [0, 0.05) is 6.20 Å². The largest absolute Gasteiger partial charge is 0.492 e. The molecule has 138 valence electrons. The molecule has 4 rings (SSSR count). The van der Waals surface area contributed by atoms with E-state index in [1.54, 1.807) is 0 Å². The van der Waals surface area contributed by atoms with Crippen molar-refractivity contribution in [3.8, 4) is 5.75 Å². The summed E-state index contributed by atoms with van der Waals surface area (Å²) in [5.41, 5.74) is 8.66. The number of fused-ring (bicyclic) bond motifs is 2. The molecule has 2 aromatic heterocycles. The first-order chi connectivity index (χ1) is 12.9. The molecule has 0 fully saturated rings. The van der Waals surface area contributed by atoms with Gasteiger partial charge in [0.2, 0.25) is 0 Å². The molecule has 6 nitrogen and oxygen atoms in total. The Morgan fingerprint density at radius 2 is 2.08 bits per heavy atom. The van der Waals surface area contributed by atoms with Crippen molar-refractivity contribution in [2.45, 2.75) is 32.2 Å². The van der Waals surface area contributed by atoms with E-state index in [0.29, 0.717) is 0 Å². The zero-order valence-corrected chi connectivity index (χ0v) is 15.1. The second kappa shape index (κ2) is 9.89. The van der Waals surface area contributed by atoms with Crippen LogP contribution >= 0.6 is 0 Å². The lowest BCUT2D eigenvalue weighted by molar-refractivity contribution is 0.285. The number of aromatic amines is 1. The number of hydrogen-bond donors (Lipinski definition) is 3. The van der Waals surface area contributed by atoms with Crippen LogP contribution in [-0.2, 0) is 13.0 Å². The third kappa shape index (κ3) is 5.28. The average molecular weight is 353 g/mol. The van der Waals surface area contributed by atoms with Crippen LogP contribution in [0.2, 0.25) is 0 Å². The number of hydrogen-bond acceptors (Lipinski definition) is 5. The molecule has 6 heteroatoms. The summed E-state index contributed by atoms with van der Waals surface area (Å²) in [6, 6.07) is 12.0. The fraction of sp³-hybridized carbons (Fsp3) is 0.400. The molecule has 0 saturated carbocycles. The van der Waals surface area contributed by atoms with Crippen molar-refractivity contribution in [3.63, 3.8) is 0 Å². The van der Waals surface area contributed by atoms with E-state index >= 15 is 0 Å². The number of para-hydroxylation sites is 2. The molecule has 3 aromatic rings. The molecule has 0 aliphatic carbocycles. The van der Waals surface area contributed by atoms with Crippen LogP contribution in [0.1, 0.15) is 30.8 Å². The number of pyridine rings is 1. The van der Waals surface area contributed by atoms with E-state index < -0.39 is 0 Å². The molecule has 0 bridgehead atoms. The Kier molecular flexibility index (Phi) is 6.98. The standard InChI is InChI=1S/C12H18N4.C8H9NO/c13-7-3-4-8-14-9-12-15-10-5-1-2-6-11(10)16-12;1-4-8-7(9-5-1)3-2-6-10-8/h1-2,5-6,14H,3-4,7-9,13H2,(H,15,16);1,4-5H,2-3,6H2. The molecule has 1 aliphatic heterocycles. The summed E-state index contributed by atoms with van der Waals surface area (Å²) < 4.78 is 5.36. The minimum absolute atomic E-state index is 0.770. The number of aryl methyl sites for hydroxylation is 1. The highest BCUT2D eigenvalue weighted by atomic mass is 16.5. The molecule has 26 heavy (non-hydrogen) atoms. The number of H-pyrrole nitrogens is 1. The second-order valence-corrected chi connectivity index (χ2v) is 6.27. The Bertz CT molecular complexity index is 744. The predicted octanol–water partition coefficient (Wildman–Crippen LogP) is 2.80. The SMILES string of the molecule is NCCCCNCc1nc2ccccc2[nH]1.c1cnc2c(c1)OCCC2. The first kappa shape index (κ1) is 18.4.